The molecule has 29 heavy (non-hydrogen) atoms. The lowest BCUT2D eigenvalue weighted by atomic mass is 9.75. The van der Waals surface area contributed by atoms with Crippen LogP contribution in [-0.4, -0.2) is 34.8 Å². The molecule has 5 heteroatoms. The van der Waals surface area contributed by atoms with Gasteiger partial charge < -0.3 is 14.0 Å². The van der Waals surface area contributed by atoms with E-state index < -0.39 is 0 Å². The number of hydrogen-bond acceptors (Lipinski definition) is 4. The number of benzene rings is 1. The molecule has 5 nitrogen and oxygen atoms in total. The third-order valence-corrected chi connectivity index (χ3v) is 6.63. The first-order valence-corrected chi connectivity index (χ1v) is 10.9. The van der Waals surface area contributed by atoms with Gasteiger partial charge in [-0.05, 0) is 36.2 Å². The minimum atomic E-state index is -0.261. The van der Waals surface area contributed by atoms with E-state index in [4.69, 9.17) is 9.47 Å². The molecule has 1 aliphatic heterocycles. The summed E-state index contributed by atoms with van der Waals surface area (Å²) in [5.74, 6) is 1.52. The van der Waals surface area contributed by atoms with E-state index in [2.05, 4.69) is 48.5 Å². The zero-order valence-corrected chi connectivity index (χ0v) is 17.7. The number of rotatable bonds is 7. The number of fused-ring (bicyclic) bond motifs is 3. The Morgan fingerprint density at radius 2 is 2.10 bits per heavy atom. The number of esters is 1. The highest BCUT2D eigenvalue weighted by atomic mass is 16.6. The van der Waals surface area contributed by atoms with Gasteiger partial charge in [0.2, 0.25) is 0 Å². The Labute approximate surface area is 173 Å². The summed E-state index contributed by atoms with van der Waals surface area (Å²) in [5.41, 5.74) is 3.62. The smallest absolute Gasteiger partial charge is 0.332 e. The van der Waals surface area contributed by atoms with E-state index in [1.165, 1.54) is 24.0 Å². The summed E-state index contributed by atoms with van der Waals surface area (Å²) in [6.07, 6.45) is 8.15. The van der Waals surface area contributed by atoms with Gasteiger partial charge in [-0.1, -0.05) is 51.5 Å². The zero-order chi connectivity index (χ0) is 20.4. The van der Waals surface area contributed by atoms with E-state index in [0.29, 0.717) is 24.4 Å². The molecular formula is C24H32N2O3. The summed E-state index contributed by atoms with van der Waals surface area (Å²) in [5, 5.41) is 0. The maximum absolute atomic E-state index is 12.3. The van der Waals surface area contributed by atoms with Crippen molar-refractivity contribution in [3.63, 3.8) is 0 Å². The lowest BCUT2D eigenvalue weighted by molar-refractivity contribution is -0.154. The van der Waals surface area contributed by atoms with Crippen LogP contribution in [0, 0.1) is 17.8 Å². The maximum atomic E-state index is 12.3. The first kappa shape index (κ1) is 20.1. The van der Waals surface area contributed by atoms with Gasteiger partial charge in [0.05, 0.1) is 37.0 Å². The van der Waals surface area contributed by atoms with Crippen molar-refractivity contribution in [1.82, 2.24) is 9.55 Å². The molecular weight excluding hydrogens is 364 g/mol. The van der Waals surface area contributed by atoms with E-state index in [9.17, 15) is 4.79 Å². The fourth-order valence-corrected chi connectivity index (χ4v) is 5.03. The quantitative estimate of drug-likeness (QED) is 0.627. The van der Waals surface area contributed by atoms with Crippen LogP contribution in [0.15, 0.2) is 36.8 Å². The van der Waals surface area contributed by atoms with Gasteiger partial charge in [0.1, 0.15) is 6.61 Å². The Hall–Kier alpha value is -2.14. The Balaban J connectivity index is 1.28. The van der Waals surface area contributed by atoms with Gasteiger partial charge in [-0.25, -0.2) is 9.78 Å². The maximum Gasteiger partial charge on any atom is 0.332 e. The largest absolute Gasteiger partial charge is 0.464 e. The minimum Gasteiger partial charge on any atom is -0.464 e. The second kappa shape index (κ2) is 8.70. The van der Waals surface area contributed by atoms with Crippen molar-refractivity contribution in [3.8, 4) is 11.3 Å². The molecule has 0 N–H and O–H groups in total. The van der Waals surface area contributed by atoms with Gasteiger partial charge in [-0.15, -0.1) is 0 Å². The van der Waals surface area contributed by atoms with E-state index in [1.807, 2.05) is 18.6 Å². The number of hydrogen-bond donors (Lipinski definition) is 0. The molecule has 2 heterocycles. The average molecular weight is 397 g/mol. The Bertz CT molecular complexity index is 844. The molecule has 4 rings (SSSR count). The molecule has 1 aromatic carbocycles. The van der Waals surface area contributed by atoms with Crippen LogP contribution in [0.2, 0.25) is 0 Å². The number of carbonyl (C=O) groups excluding carboxylic acids is 1. The number of carbonyl (C=O) groups is 1. The molecule has 0 radical (unpaired) electrons. The highest BCUT2D eigenvalue weighted by Gasteiger charge is 2.32. The van der Waals surface area contributed by atoms with E-state index in [0.717, 1.165) is 18.5 Å². The highest BCUT2D eigenvalue weighted by Crippen LogP contribution is 2.40. The van der Waals surface area contributed by atoms with Crippen LogP contribution in [-0.2, 0) is 14.3 Å². The van der Waals surface area contributed by atoms with Crippen molar-refractivity contribution in [1.29, 1.82) is 0 Å². The third kappa shape index (κ3) is 4.25. The lowest BCUT2D eigenvalue weighted by Crippen LogP contribution is -2.35. The van der Waals surface area contributed by atoms with E-state index in [-0.39, 0.29) is 24.7 Å². The first-order chi connectivity index (χ1) is 14.0. The van der Waals surface area contributed by atoms with Crippen molar-refractivity contribution in [2.24, 2.45) is 17.8 Å². The molecule has 2 unspecified atom stereocenters. The van der Waals surface area contributed by atoms with Crippen LogP contribution in [0.5, 0.6) is 0 Å². The summed E-state index contributed by atoms with van der Waals surface area (Å²) in [4.78, 5) is 16.6. The Kier molecular flexibility index (Phi) is 6.04. The standard InChI is InChI=1S/C24H32N2O3/c1-16(2)18-9-8-17(3)12-23(18)29-14-24(27)28-11-10-21-19-6-4-5-7-20(19)22-13-25-15-26(21)22/h4-7,13,15-18,21,23H,8-12,14H2,1-3H3/t17?,18-,21?,23-/m1/s1. The van der Waals surface area contributed by atoms with Gasteiger partial charge in [-0.2, -0.15) is 0 Å². The summed E-state index contributed by atoms with van der Waals surface area (Å²) in [6.45, 7) is 7.21. The normalized spacial score (nSPS) is 25.7. The van der Waals surface area contributed by atoms with Gasteiger partial charge in [0.25, 0.3) is 0 Å². The first-order valence-electron chi connectivity index (χ1n) is 10.9. The molecule has 0 bridgehead atoms. The molecule has 156 valence electrons. The fraction of sp³-hybridized carbons (Fsp3) is 0.583. The SMILES string of the molecule is CC1CC[C@H](C(C)C)[C@H](OCC(=O)OCCC2c3ccccc3-c3cncn32)C1. The average Bonchev–Trinajstić information content (AvgIpc) is 3.28. The van der Waals surface area contributed by atoms with Crippen LogP contribution < -0.4 is 0 Å². The molecule has 0 amide bonds. The lowest BCUT2D eigenvalue weighted by Gasteiger charge is -2.36. The van der Waals surface area contributed by atoms with Crippen LogP contribution in [0.25, 0.3) is 11.3 Å². The van der Waals surface area contributed by atoms with Crippen molar-refractivity contribution < 1.29 is 14.3 Å². The van der Waals surface area contributed by atoms with Crippen LogP contribution in [0.1, 0.15) is 58.1 Å². The minimum absolute atomic E-state index is 0.0538. The Morgan fingerprint density at radius 3 is 2.93 bits per heavy atom. The van der Waals surface area contributed by atoms with Gasteiger partial charge >= 0.3 is 5.97 Å². The predicted octanol–water partition coefficient (Wildman–Crippen LogP) is 4.86. The topological polar surface area (TPSA) is 53.4 Å². The molecule has 2 aromatic rings. The van der Waals surface area contributed by atoms with Gasteiger partial charge in [0, 0.05) is 12.0 Å². The van der Waals surface area contributed by atoms with E-state index >= 15 is 0 Å². The van der Waals surface area contributed by atoms with Gasteiger partial charge in [-0.3, -0.25) is 0 Å². The monoisotopic (exact) mass is 396 g/mol. The van der Waals surface area contributed by atoms with Crippen LogP contribution in [0.3, 0.4) is 0 Å². The van der Waals surface area contributed by atoms with Crippen molar-refractivity contribution in [2.45, 2.75) is 58.6 Å². The zero-order valence-electron chi connectivity index (χ0n) is 17.7. The number of aromatic nitrogens is 2. The second-order valence-corrected chi connectivity index (χ2v) is 8.97. The molecule has 1 saturated carbocycles. The van der Waals surface area contributed by atoms with Gasteiger partial charge in [0.15, 0.2) is 0 Å². The van der Waals surface area contributed by atoms with Crippen molar-refractivity contribution in [3.05, 3.63) is 42.4 Å². The molecule has 0 spiro atoms. The molecule has 1 aliphatic carbocycles. The highest BCUT2D eigenvalue weighted by molar-refractivity contribution is 5.71. The number of nitrogens with zero attached hydrogens (tertiary/aromatic N) is 2. The summed E-state index contributed by atoms with van der Waals surface area (Å²) >= 11 is 0. The Morgan fingerprint density at radius 1 is 1.28 bits per heavy atom. The number of ether oxygens (including phenoxy) is 2. The number of imidazole rings is 1. The molecule has 1 aromatic heterocycles. The van der Waals surface area contributed by atoms with Crippen molar-refractivity contribution in [2.75, 3.05) is 13.2 Å². The van der Waals surface area contributed by atoms with Crippen molar-refractivity contribution >= 4 is 5.97 Å². The van der Waals surface area contributed by atoms with Crippen LogP contribution >= 0.6 is 0 Å². The second-order valence-electron chi connectivity index (χ2n) is 8.97. The van der Waals surface area contributed by atoms with Crippen LogP contribution in [0.4, 0.5) is 0 Å². The molecule has 2 aliphatic rings. The predicted molar refractivity (Wildman–Crippen MR) is 112 cm³/mol. The van der Waals surface area contributed by atoms with E-state index in [1.54, 1.807) is 0 Å². The summed E-state index contributed by atoms with van der Waals surface area (Å²) < 4.78 is 13.7. The summed E-state index contributed by atoms with van der Waals surface area (Å²) in [6, 6.07) is 8.55. The third-order valence-electron chi connectivity index (χ3n) is 6.63. The molecule has 1 fully saturated rings. The summed E-state index contributed by atoms with van der Waals surface area (Å²) in [7, 11) is 0. The molecule has 4 atom stereocenters. The fourth-order valence-electron chi connectivity index (χ4n) is 5.03. The molecule has 0 saturated heterocycles.